The summed E-state index contributed by atoms with van der Waals surface area (Å²) in [5.74, 6) is -1.41. The number of nitrogens with one attached hydrogen (secondary N) is 2. The van der Waals surface area contributed by atoms with Crippen molar-refractivity contribution in [1.29, 1.82) is 0 Å². The van der Waals surface area contributed by atoms with Crippen molar-refractivity contribution in [3.63, 3.8) is 0 Å². The normalized spacial score (nSPS) is 10.6. The van der Waals surface area contributed by atoms with Gasteiger partial charge in [0.05, 0.1) is 11.9 Å². The van der Waals surface area contributed by atoms with Crippen molar-refractivity contribution in [2.24, 2.45) is 0 Å². The van der Waals surface area contributed by atoms with Gasteiger partial charge in [0, 0.05) is 29.1 Å². The van der Waals surface area contributed by atoms with Crippen LogP contribution in [0.15, 0.2) is 85.3 Å². The molecule has 0 saturated carbocycles. The van der Waals surface area contributed by atoms with Crippen LogP contribution in [0.2, 0.25) is 5.02 Å². The SMILES string of the molecule is O=C(Nc1ccc(Cl)cc1)c1cn(Cc2ccc(NC(=O)c3ccccc3F)cc2)cn1. The van der Waals surface area contributed by atoms with E-state index in [-0.39, 0.29) is 17.2 Å². The molecule has 0 radical (unpaired) electrons. The summed E-state index contributed by atoms with van der Waals surface area (Å²) in [7, 11) is 0. The molecule has 6 nitrogen and oxygen atoms in total. The Balaban J connectivity index is 1.36. The third kappa shape index (κ3) is 5.19. The van der Waals surface area contributed by atoms with Crippen LogP contribution in [0, 0.1) is 5.82 Å². The Morgan fingerprint density at radius 1 is 0.875 bits per heavy atom. The second-order valence-corrected chi connectivity index (χ2v) is 7.46. The van der Waals surface area contributed by atoms with Gasteiger partial charge in [-0.15, -0.1) is 0 Å². The molecule has 8 heteroatoms. The highest BCUT2D eigenvalue weighted by molar-refractivity contribution is 6.30. The van der Waals surface area contributed by atoms with E-state index in [2.05, 4.69) is 15.6 Å². The van der Waals surface area contributed by atoms with Crippen molar-refractivity contribution in [2.45, 2.75) is 6.54 Å². The molecule has 0 fully saturated rings. The maximum Gasteiger partial charge on any atom is 0.275 e. The summed E-state index contributed by atoms with van der Waals surface area (Å²) in [6, 6.07) is 19.8. The van der Waals surface area contributed by atoms with E-state index in [0.717, 1.165) is 5.56 Å². The fourth-order valence-corrected chi connectivity index (χ4v) is 3.17. The van der Waals surface area contributed by atoms with E-state index in [4.69, 9.17) is 11.6 Å². The van der Waals surface area contributed by atoms with E-state index >= 15 is 0 Å². The second-order valence-electron chi connectivity index (χ2n) is 7.02. The summed E-state index contributed by atoms with van der Waals surface area (Å²) < 4.78 is 15.5. The molecule has 0 aliphatic rings. The summed E-state index contributed by atoms with van der Waals surface area (Å²) in [5, 5.41) is 6.03. The van der Waals surface area contributed by atoms with Crippen LogP contribution in [0.4, 0.5) is 15.8 Å². The number of rotatable bonds is 6. The topological polar surface area (TPSA) is 76.0 Å². The van der Waals surface area contributed by atoms with Crippen molar-refractivity contribution in [2.75, 3.05) is 10.6 Å². The Morgan fingerprint density at radius 2 is 1.50 bits per heavy atom. The van der Waals surface area contributed by atoms with Gasteiger partial charge in [0.25, 0.3) is 11.8 Å². The first-order valence-corrected chi connectivity index (χ1v) is 10.1. The van der Waals surface area contributed by atoms with Crippen LogP contribution in [-0.4, -0.2) is 21.4 Å². The summed E-state index contributed by atoms with van der Waals surface area (Å²) >= 11 is 5.85. The largest absolute Gasteiger partial charge is 0.332 e. The quantitative estimate of drug-likeness (QED) is 0.424. The summed E-state index contributed by atoms with van der Waals surface area (Å²) in [5.41, 5.74) is 2.39. The predicted molar refractivity (Wildman–Crippen MR) is 122 cm³/mol. The van der Waals surface area contributed by atoms with Crippen LogP contribution in [0.5, 0.6) is 0 Å². The zero-order chi connectivity index (χ0) is 22.5. The molecule has 0 unspecified atom stereocenters. The van der Waals surface area contributed by atoms with Crippen LogP contribution >= 0.6 is 11.6 Å². The third-order valence-electron chi connectivity index (χ3n) is 4.66. The maximum atomic E-state index is 13.7. The Labute approximate surface area is 188 Å². The molecule has 0 aliphatic carbocycles. The highest BCUT2D eigenvalue weighted by Crippen LogP contribution is 2.16. The molecule has 4 aromatic rings. The number of amides is 2. The number of anilines is 2. The molecule has 2 N–H and O–H groups in total. The molecule has 0 bridgehead atoms. The molecule has 0 spiro atoms. The molecule has 1 aromatic heterocycles. The van der Waals surface area contributed by atoms with Crippen LogP contribution in [0.25, 0.3) is 0 Å². The smallest absolute Gasteiger partial charge is 0.275 e. The minimum absolute atomic E-state index is 0.0144. The Hall–Kier alpha value is -3.97. The van der Waals surface area contributed by atoms with Gasteiger partial charge >= 0.3 is 0 Å². The summed E-state index contributed by atoms with van der Waals surface area (Å²) in [6.45, 7) is 0.489. The van der Waals surface area contributed by atoms with Gasteiger partial charge in [-0.05, 0) is 54.1 Å². The Morgan fingerprint density at radius 3 is 2.19 bits per heavy atom. The minimum atomic E-state index is -0.572. The van der Waals surface area contributed by atoms with E-state index < -0.39 is 11.7 Å². The molecule has 3 aromatic carbocycles. The van der Waals surface area contributed by atoms with E-state index in [1.807, 2.05) is 12.1 Å². The van der Waals surface area contributed by atoms with Crippen LogP contribution < -0.4 is 10.6 Å². The van der Waals surface area contributed by atoms with Crippen LogP contribution in [-0.2, 0) is 6.54 Å². The monoisotopic (exact) mass is 448 g/mol. The van der Waals surface area contributed by atoms with Crippen molar-refractivity contribution < 1.29 is 14.0 Å². The number of benzene rings is 3. The number of aromatic nitrogens is 2. The van der Waals surface area contributed by atoms with Crippen LogP contribution in [0.1, 0.15) is 26.4 Å². The highest BCUT2D eigenvalue weighted by Gasteiger charge is 2.12. The number of nitrogens with zero attached hydrogens (tertiary/aromatic N) is 2. The lowest BCUT2D eigenvalue weighted by atomic mass is 10.1. The standard InChI is InChI=1S/C24H18ClFN4O2/c25-17-7-11-19(12-8-17)29-24(32)22-14-30(15-27-22)13-16-5-9-18(10-6-16)28-23(31)20-3-1-2-4-21(20)26/h1-12,14-15H,13H2,(H,28,31)(H,29,32). The average Bonchev–Trinajstić information content (AvgIpc) is 3.25. The second kappa shape index (κ2) is 9.45. The molecular formula is C24H18ClFN4O2. The molecule has 32 heavy (non-hydrogen) atoms. The fourth-order valence-electron chi connectivity index (χ4n) is 3.04. The molecule has 160 valence electrons. The highest BCUT2D eigenvalue weighted by atomic mass is 35.5. The van der Waals surface area contributed by atoms with Gasteiger partial charge in [0.1, 0.15) is 11.5 Å². The number of hydrogen-bond donors (Lipinski definition) is 2. The summed E-state index contributed by atoms with van der Waals surface area (Å²) in [6.07, 6.45) is 3.23. The number of imidazole rings is 1. The molecule has 2 amide bonds. The first-order valence-electron chi connectivity index (χ1n) is 9.71. The van der Waals surface area contributed by atoms with E-state index in [9.17, 15) is 14.0 Å². The molecule has 4 rings (SSSR count). The minimum Gasteiger partial charge on any atom is -0.332 e. The molecule has 0 saturated heterocycles. The maximum absolute atomic E-state index is 13.7. The lowest BCUT2D eigenvalue weighted by Crippen LogP contribution is -2.13. The fraction of sp³-hybridized carbons (Fsp3) is 0.0417. The first kappa shape index (κ1) is 21.3. The van der Waals surface area contributed by atoms with Crippen LogP contribution in [0.3, 0.4) is 0 Å². The first-order chi connectivity index (χ1) is 15.5. The number of hydrogen-bond acceptors (Lipinski definition) is 3. The summed E-state index contributed by atoms with van der Waals surface area (Å²) in [4.78, 5) is 28.7. The van der Waals surface area contributed by atoms with Gasteiger partial charge in [0.15, 0.2) is 0 Å². The van der Waals surface area contributed by atoms with Gasteiger partial charge in [-0.25, -0.2) is 9.37 Å². The van der Waals surface area contributed by atoms with E-state index in [1.165, 1.54) is 18.2 Å². The molecule has 0 atom stereocenters. The van der Waals surface area contributed by atoms with Crippen molar-refractivity contribution in [1.82, 2.24) is 9.55 Å². The van der Waals surface area contributed by atoms with Gasteiger partial charge in [-0.2, -0.15) is 0 Å². The lowest BCUT2D eigenvalue weighted by molar-refractivity contribution is 0.101. The third-order valence-corrected chi connectivity index (χ3v) is 4.92. The molecular weight excluding hydrogens is 431 g/mol. The van der Waals surface area contributed by atoms with E-state index in [0.29, 0.717) is 22.9 Å². The van der Waals surface area contributed by atoms with Crippen molar-refractivity contribution >= 4 is 34.8 Å². The lowest BCUT2D eigenvalue weighted by Gasteiger charge is -2.08. The number of halogens is 2. The van der Waals surface area contributed by atoms with E-state index in [1.54, 1.807) is 59.6 Å². The number of carbonyl (C=O) groups excluding carboxylic acids is 2. The Kier molecular flexibility index (Phi) is 6.28. The van der Waals surface area contributed by atoms with Gasteiger partial charge in [-0.1, -0.05) is 35.9 Å². The van der Waals surface area contributed by atoms with Gasteiger partial charge in [-0.3, -0.25) is 9.59 Å². The van der Waals surface area contributed by atoms with Crippen molar-refractivity contribution in [3.8, 4) is 0 Å². The average molecular weight is 449 g/mol. The van der Waals surface area contributed by atoms with Crippen molar-refractivity contribution in [3.05, 3.63) is 113 Å². The number of carbonyl (C=O) groups is 2. The zero-order valence-corrected chi connectivity index (χ0v) is 17.5. The Bertz CT molecular complexity index is 1250. The predicted octanol–water partition coefficient (Wildman–Crippen LogP) is 5.23. The van der Waals surface area contributed by atoms with Gasteiger partial charge < -0.3 is 15.2 Å². The van der Waals surface area contributed by atoms with Gasteiger partial charge in [0.2, 0.25) is 0 Å². The molecule has 1 heterocycles. The molecule has 0 aliphatic heterocycles. The zero-order valence-electron chi connectivity index (χ0n) is 16.8.